The van der Waals surface area contributed by atoms with Gasteiger partial charge in [-0.05, 0) is 42.0 Å². The van der Waals surface area contributed by atoms with Crippen LogP contribution in [0.25, 0.3) is 22.2 Å². The van der Waals surface area contributed by atoms with E-state index in [4.69, 9.17) is 20.8 Å². The van der Waals surface area contributed by atoms with E-state index in [1.165, 1.54) is 0 Å². The van der Waals surface area contributed by atoms with Gasteiger partial charge >= 0.3 is 0 Å². The van der Waals surface area contributed by atoms with Crippen LogP contribution in [0.3, 0.4) is 0 Å². The van der Waals surface area contributed by atoms with Crippen molar-refractivity contribution in [1.82, 2.24) is 19.6 Å². The molecule has 38 heavy (non-hydrogen) atoms. The number of imidazole rings is 1. The lowest BCUT2D eigenvalue weighted by Crippen LogP contribution is -2.38. The van der Waals surface area contributed by atoms with E-state index in [2.05, 4.69) is 32.1 Å². The molecule has 0 bridgehead atoms. The van der Waals surface area contributed by atoms with E-state index in [0.29, 0.717) is 35.0 Å². The molecule has 1 aliphatic rings. The van der Waals surface area contributed by atoms with Crippen molar-refractivity contribution in [3.63, 3.8) is 0 Å². The Labute approximate surface area is 225 Å². The summed E-state index contributed by atoms with van der Waals surface area (Å²) in [6.07, 6.45) is 2.77. The van der Waals surface area contributed by atoms with Crippen molar-refractivity contribution in [2.75, 3.05) is 44.0 Å². The second kappa shape index (κ2) is 10.8. The van der Waals surface area contributed by atoms with Gasteiger partial charge in [0.05, 0.1) is 31.4 Å². The number of nitrogens with zero attached hydrogens (tertiary/aromatic N) is 3. The van der Waals surface area contributed by atoms with E-state index in [9.17, 15) is 13.2 Å². The number of halogens is 1. The quantitative estimate of drug-likeness (QED) is 0.341. The molecule has 12 heteroatoms. The molecule has 0 unspecified atom stereocenters. The summed E-state index contributed by atoms with van der Waals surface area (Å²) in [6, 6.07) is 14.1. The van der Waals surface area contributed by atoms with E-state index in [0.717, 1.165) is 36.3 Å². The number of rotatable bonds is 8. The Balaban J connectivity index is 1.39. The average Bonchev–Trinajstić information content (AvgIpc) is 3.50. The number of morpholine rings is 1. The number of amides is 1. The maximum absolute atomic E-state index is 13.1. The van der Waals surface area contributed by atoms with Gasteiger partial charge in [0, 0.05) is 42.8 Å². The first kappa shape index (κ1) is 26.2. The number of hydrogen-bond acceptors (Lipinski definition) is 7. The van der Waals surface area contributed by atoms with Crippen LogP contribution >= 0.6 is 11.6 Å². The Kier molecular flexibility index (Phi) is 7.44. The van der Waals surface area contributed by atoms with E-state index in [1.54, 1.807) is 30.5 Å². The molecule has 0 radical (unpaired) electrons. The van der Waals surface area contributed by atoms with Crippen LogP contribution in [-0.4, -0.2) is 63.0 Å². The number of carbonyl (C=O) groups excluding carboxylic acids is 1. The molecule has 5 rings (SSSR count). The molecular weight excluding hydrogens is 530 g/mol. The van der Waals surface area contributed by atoms with Crippen LogP contribution in [0.2, 0.25) is 5.02 Å². The van der Waals surface area contributed by atoms with Crippen molar-refractivity contribution in [3.8, 4) is 11.3 Å². The first-order chi connectivity index (χ1) is 18.2. The zero-order valence-electron chi connectivity index (χ0n) is 21.0. The predicted molar refractivity (Wildman–Crippen MR) is 146 cm³/mol. The minimum atomic E-state index is -3.52. The summed E-state index contributed by atoms with van der Waals surface area (Å²) in [4.78, 5) is 19.9. The summed E-state index contributed by atoms with van der Waals surface area (Å²) < 4.78 is 39.1. The molecule has 1 amide bonds. The Morgan fingerprint density at radius 1 is 1.13 bits per heavy atom. The SMILES string of the molecule is Cn1c(-c2ccc(N3CCOCC3)cc2)cnc1[C@H](CNS(C)(=O)=O)NC(=O)c1cc2cc(Cl)ccc2o1. The summed E-state index contributed by atoms with van der Waals surface area (Å²) >= 11 is 6.05. The third-order valence-electron chi connectivity index (χ3n) is 6.43. The van der Waals surface area contributed by atoms with Gasteiger partial charge in [-0.15, -0.1) is 0 Å². The highest BCUT2D eigenvalue weighted by atomic mass is 35.5. The molecule has 2 N–H and O–H groups in total. The number of aromatic nitrogens is 2. The lowest BCUT2D eigenvalue weighted by atomic mass is 10.1. The first-order valence-corrected chi connectivity index (χ1v) is 14.3. The highest BCUT2D eigenvalue weighted by molar-refractivity contribution is 7.88. The molecular formula is C26H28ClN5O5S. The van der Waals surface area contributed by atoms with Gasteiger partial charge in [-0.3, -0.25) is 4.79 Å². The molecule has 200 valence electrons. The van der Waals surface area contributed by atoms with Gasteiger partial charge in [-0.1, -0.05) is 23.7 Å². The molecule has 1 atom stereocenters. The van der Waals surface area contributed by atoms with Gasteiger partial charge in [-0.2, -0.15) is 0 Å². The maximum atomic E-state index is 13.1. The van der Waals surface area contributed by atoms with Gasteiger partial charge in [0.25, 0.3) is 5.91 Å². The Hall–Kier alpha value is -3.38. The molecule has 2 aromatic heterocycles. The fraction of sp³-hybridized carbons (Fsp3) is 0.308. The zero-order chi connectivity index (χ0) is 26.9. The van der Waals surface area contributed by atoms with E-state index >= 15 is 0 Å². The van der Waals surface area contributed by atoms with Crippen LogP contribution in [0.15, 0.2) is 59.1 Å². The van der Waals surface area contributed by atoms with Crippen molar-refractivity contribution in [2.45, 2.75) is 6.04 Å². The summed E-state index contributed by atoms with van der Waals surface area (Å²) in [5.41, 5.74) is 3.41. The fourth-order valence-corrected chi connectivity index (χ4v) is 5.13. The van der Waals surface area contributed by atoms with Gasteiger partial charge < -0.3 is 23.9 Å². The van der Waals surface area contributed by atoms with Crippen molar-refractivity contribution in [1.29, 1.82) is 0 Å². The average molecular weight is 558 g/mol. The molecule has 1 fully saturated rings. The molecule has 4 aromatic rings. The lowest BCUT2D eigenvalue weighted by molar-refractivity contribution is 0.0909. The van der Waals surface area contributed by atoms with Gasteiger partial charge in [0.1, 0.15) is 17.4 Å². The highest BCUT2D eigenvalue weighted by Gasteiger charge is 2.24. The van der Waals surface area contributed by atoms with Gasteiger partial charge in [0.2, 0.25) is 10.0 Å². The number of ether oxygens (including phenoxy) is 1. The monoisotopic (exact) mass is 557 g/mol. The lowest BCUT2D eigenvalue weighted by Gasteiger charge is -2.28. The Morgan fingerprint density at radius 3 is 2.58 bits per heavy atom. The number of hydrogen-bond donors (Lipinski definition) is 2. The number of fused-ring (bicyclic) bond motifs is 1. The minimum absolute atomic E-state index is 0.0831. The minimum Gasteiger partial charge on any atom is -0.451 e. The van der Waals surface area contributed by atoms with Crippen molar-refractivity contribution >= 4 is 44.2 Å². The van der Waals surface area contributed by atoms with Gasteiger partial charge in [-0.25, -0.2) is 18.1 Å². The van der Waals surface area contributed by atoms with Crippen LogP contribution in [0.4, 0.5) is 5.69 Å². The molecule has 0 aliphatic carbocycles. The molecule has 0 saturated carbocycles. The van der Waals surface area contributed by atoms with Crippen molar-refractivity contribution in [3.05, 3.63) is 71.3 Å². The van der Waals surface area contributed by atoms with E-state index in [1.807, 2.05) is 23.7 Å². The van der Waals surface area contributed by atoms with Gasteiger partial charge in [0.15, 0.2) is 5.76 Å². The number of carbonyl (C=O) groups is 1. The molecule has 3 heterocycles. The first-order valence-electron chi connectivity index (χ1n) is 12.1. The molecule has 2 aromatic carbocycles. The third kappa shape index (κ3) is 5.86. The van der Waals surface area contributed by atoms with Crippen LogP contribution in [0.5, 0.6) is 0 Å². The summed E-state index contributed by atoms with van der Waals surface area (Å²) in [5, 5.41) is 4.08. The summed E-state index contributed by atoms with van der Waals surface area (Å²) in [7, 11) is -1.69. The topological polar surface area (TPSA) is 119 Å². The zero-order valence-corrected chi connectivity index (χ0v) is 22.6. The molecule has 1 saturated heterocycles. The Morgan fingerprint density at radius 2 is 1.87 bits per heavy atom. The van der Waals surface area contributed by atoms with E-state index < -0.39 is 22.0 Å². The second-order valence-corrected chi connectivity index (χ2v) is 11.4. The van der Waals surface area contributed by atoms with Crippen LogP contribution < -0.4 is 14.9 Å². The maximum Gasteiger partial charge on any atom is 0.287 e. The third-order valence-corrected chi connectivity index (χ3v) is 7.36. The summed E-state index contributed by atoms with van der Waals surface area (Å²) in [5.74, 6) is 0.0673. The van der Waals surface area contributed by atoms with E-state index in [-0.39, 0.29) is 12.3 Å². The largest absolute Gasteiger partial charge is 0.451 e. The normalized spacial score (nSPS) is 15.1. The van der Waals surface area contributed by atoms with Crippen molar-refractivity contribution < 1.29 is 22.4 Å². The van der Waals surface area contributed by atoms with Crippen molar-refractivity contribution in [2.24, 2.45) is 7.05 Å². The Bertz CT molecular complexity index is 1560. The molecule has 10 nitrogen and oxygen atoms in total. The highest BCUT2D eigenvalue weighted by Crippen LogP contribution is 2.27. The number of nitrogens with one attached hydrogen (secondary N) is 2. The van der Waals surface area contributed by atoms with Crippen LogP contribution in [0, 0.1) is 0 Å². The molecule has 1 aliphatic heterocycles. The number of furan rings is 1. The fourth-order valence-electron chi connectivity index (χ4n) is 4.48. The predicted octanol–water partition coefficient (Wildman–Crippen LogP) is 3.34. The smallest absolute Gasteiger partial charge is 0.287 e. The van der Waals surface area contributed by atoms with Crippen LogP contribution in [-0.2, 0) is 21.8 Å². The van der Waals surface area contributed by atoms with Crippen LogP contribution in [0.1, 0.15) is 22.4 Å². The second-order valence-electron chi connectivity index (χ2n) is 9.15. The summed E-state index contributed by atoms with van der Waals surface area (Å²) in [6.45, 7) is 3.04. The number of benzene rings is 2. The molecule has 0 spiro atoms. The standard InChI is InChI=1S/C26H28ClN5O5S/c1-31-22(17-3-6-20(7-4-17)32-9-11-36-12-10-32)16-28-25(31)21(15-29-38(2,34)35)30-26(33)24-14-18-13-19(27)5-8-23(18)37-24/h3-8,13-14,16,21,29H,9-12,15H2,1-2H3,(H,30,33)/t21-/m0/s1. The number of anilines is 1. The number of sulfonamides is 1.